The molecular formula is C18H34N4O7S. The average molecular weight is 451 g/mol. The number of aliphatic hydroxyl groups excluding tert-OH is 2. The van der Waals surface area contributed by atoms with Crippen LogP contribution in [0, 0.1) is 5.92 Å². The van der Waals surface area contributed by atoms with E-state index in [1.165, 1.54) is 18.7 Å². The lowest BCUT2D eigenvalue weighted by molar-refractivity contribution is -0.142. The summed E-state index contributed by atoms with van der Waals surface area (Å²) < 4.78 is 0. The van der Waals surface area contributed by atoms with E-state index in [0.717, 1.165) is 0 Å². The van der Waals surface area contributed by atoms with Crippen LogP contribution in [0.3, 0.4) is 0 Å². The Balaban J connectivity index is 5.29. The van der Waals surface area contributed by atoms with Crippen LogP contribution in [0.4, 0.5) is 0 Å². The van der Waals surface area contributed by atoms with Gasteiger partial charge in [-0.15, -0.1) is 0 Å². The van der Waals surface area contributed by atoms with E-state index in [-0.39, 0.29) is 12.3 Å². The number of aliphatic hydroxyl groups is 2. The van der Waals surface area contributed by atoms with Gasteiger partial charge in [-0.1, -0.05) is 20.3 Å². The highest BCUT2D eigenvalue weighted by atomic mass is 32.2. The summed E-state index contributed by atoms with van der Waals surface area (Å²) in [4.78, 5) is 48.6. The summed E-state index contributed by atoms with van der Waals surface area (Å²) >= 11 is 1.44. The predicted octanol–water partition coefficient (Wildman–Crippen LogP) is -1.97. The van der Waals surface area contributed by atoms with Crippen molar-refractivity contribution < 1.29 is 34.5 Å². The van der Waals surface area contributed by atoms with Crippen LogP contribution < -0.4 is 21.7 Å². The Kier molecular flexibility index (Phi) is 13.3. The summed E-state index contributed by atoms with van der Waals surface area (Å²) in [7, 11) is 0. The summed E-state index contributed by atoms with van der Waals surface area (Å²) in [6, 6.07) is -4.87. The molecule has 12 heteroatoms. The zero-order chi connectivity index (χ0) is 23.4. The summed E-state index contributed by atoms with van der Waals surface area (Å²) in [5.41, 5.74) is 5.51. The van der Waals surface area contributed by atoms with E-state index < -0.39 is 60.6 Å². The fourth-order valence-electron chi connectivity index (χ4n) is 2.39. The summed E-state index contributed by atoms with van der Waals surface area (Å²) in [6.07, 6.45) is 1.37. The van der Waals surface area contributed by atoms with Crippen LogP contribution in [0.2, 0.25) is 0 Å². The smallest absolute Gasteiger partial charge is 0.326 e. The lowest BCUT2D eigenvalue weighted by Gasteiger charge is -2.27. The molecule has 0 saturated heterocycles. The standard InChI is InChI=1S/C18H34N4O7S/c1-5-9(2)14(17(27)20-11(18(28)29)6-7-30-4)22-15(25)12(8-23)21-16(26)13(19)10(3)24/h9-14,23-24H,5-8,19H2,1-4H3,(H,20,27)(H,21,26)(H,22,25)(H,28,29). The first-order valence-corrected chi connectivity index (χ1v) is 11.1. The van der Waals surface area contributed by atoms with Crippen molar-refractivity contribution in [3.05, 3.63) is 0 Å². The second-order valence-electron chi connectivity index (χ2n) is 7.06. The van der Waals surface area contributed by atoms with Crippen LogP contribution in [0.15, 0.2) is 0 Å². The molecule has 0 fully saturated rings. The SMILES string of the molecule is CCC(C)C(NC(=O)C(CO)NC(=O)C(N)C(C)O)C(=O)NC(CCSC)C(=O)O. The molecule has 8 N–H and O–H groups in total. The molecule has 0 spiro atoms. The molecule has 30 heavy (non-hydrogen) atoms. The van der Waals surface area contributed by atoms with Gasteiger partial charge in [0.1, 0.15) is 24.2 Å². The molecular weight excluding hydrogens is 416 g/mol. The van der Waals surface area contributed by atoms with Gasteiger partial charge in [0, 0.05) is 0 Å². The van der Waals surface area contributed by atoms with Gasteiger partial charge in [-0.05, 0) is 31.3 Å². The number of hydrogen-bond donors (Lipinski definition) is 7. The van der Waals surface area contributed by atoms with Gasteiger partial charge in [0.05, 0.1) is 12.7 Å². The topological polar surface area (TPSA) is 191 Å². The number of hydrogen-bond acceptors (Lipinski definition) is 8. The van der Waals surface area contributed by atoms with Gasteiger partial charge in [-0.25, -0.2) is 4.79 Å². The third-order valence-corrected chi connectivity index (χ3v) is 5.30. The van der Waals surface area contributed by atoms with Crippen molar-refractivity contribution in [1.82, 2.24) is 16.0 Å². The Hall–Kier alpha value is -1.89. The maximum atomic E-state index is 12.7. The number of carboxylic acids is 1. The minimum atomic E-state index is -1.39. The minimum absolute atomic E-state index is 0.218. The second kappa shape index (κ2) is 14.2. The van der Waals surface area contributed by atoms with Crippen LogP contribution >= 0.6 is 11.8 Å². The van der Waals surface area contributed by atoms with Crippen LogP contribution in [0.1, 0.15) is 33.6 Å². The van der Waals surface area contributed by atoms with Crippen LogP contribution in [-0.2, 0) is 19.2 Å². The maximum Gasteiger partial charge on any atom is 0.326 e. The molecule has 6 unspecified atom stereocenters. The van der Waals surface area contributed by atoms with Crippen molar-refractivity contribution in [2.45, 2.75) is 63.9 Å². The van der Waals surface area contributed by atoms with Crippen LogP contribution in [0.25, 0.3) is 0 Å². The first kappa shape index (κ1) is 28.1. The summed E-state index contributed by atoms with van der Waals surface area (Å²) in [5, 5.41) is 35.3. The lowest BCUT2D eigenvalue weighted by atomic mass is 9.97. The molecule has 0 aromatic rings. The molecule has 3 amide bonds. The predicted molar refractivity (Wildman–Crippen MR) is 113 cm³/mol. The molecule has 0 heterocycles. The molecule has 0 bridgehead atoms. The van der Waals surface area contributed by atoms with Crippen molar-refractivity contribution in [3.63, 3.8) is 0 Å². The first-order chi connectivity index (χ1) is 14.0. The molecule has 0 aliphatic heterocycles. The molecule has 0 aliphatic rings. The number of rotatable bonds is 14. The third-order valence-electron chi connectivity index (χ3n) is 4.66. The van der Waals surface area contributed by atoms with Crippen molar-refractivity contribution in [2.24, 2.45) is 11.7 Å². The normalized spacial score (nSPS) is 17.0. The second-order valence-corrected chi connectivity index (χ2v) is 8.05. The van der Waals surface area contributed by atoms with Gasteiger partial charge >= 0.3 is 5.97 Å². The zero-order valence-electron chi connectivity index (χ0n) is 17.8. The number of carboxylic acid groups (broad SMARTS) is 1. The van der Waals surface area contributed by atoms with E-state index in [4.69, 9.17) is 5.73 Å². The molecule has 0 aromatic carbocycles. The van der Waals surface area contributed by atoms with Crippen molar-refractivity contribution in [3.8, 4) is 0 Å². The molecule has 6 atom stereocenters. The monoisotopic (exact) mass is 450 g/mol. The molecule has 174 valence electrons. The Bertz CT molecular complexity index is 591. The van der Waals surface area contributed by atoms with Crippen molar-refractivity contribution in [2.75, 3.05) is 18.6 Å². The van der Waals surface area contributed by atoms with E-state index in [9.17, 15) is 34.5 Å². The fourth-order valence-corrected chi connectivity index (χ4v) is 2.86. The zero-order valence-corrected chi connectivity index (χ0v) is 18.6. The third kappa shape index (κ3) is 9.28. The highest BCUT2D eigenvalue weighted by Crippen LogP contribution is 2.10. The molecule has 0 saturated carbocycles. The number of aliphatic carboxylic acids is 1. The highest BCUT2D eigenvalue weighted by Gasteiger charge is 2.32. The highest BCUT2D eigenvalue weighted by molar-refractivity contribution is 7.98. The molecule has 11 nitrogen and oxygen atoms in total. The number of nitrogens with two attached hydrogens (primary N) is 1. The van der Waals surface area contributed by atoms with E-state index in [2.05, 4.69) is 16.0 Å². The number of carbonyl (C=O) groups excluding carboxylic acids is 3. The number of amides is 3. The Morgan fingerprint density at radius 1 is 1.00 bits per heavy atom. The fraction of sp³-hybridized carbons (Fsp3) is 0.778. The number of nitrogens with one attached hydrogen (secondary N) is 3. The van der Waals surface area contributed by atoms with Gasteiger partial charge in [0.25, 0.3) is 0 Å². The first-order valence-electron chi connectivity index (χ1n) is 9.67. The molecule has 0 rings (SSSR count). The number of thioether (sulfide) groups is 1. The van der Waals surface area contributed by atoms with Crippen molar-refractivity contribution in [1.29, 1.82) is 0 Å². The van der Waals surface area contributed by atoms with E-state index in [1.807, 2.05) is 6.26 Å². The lowest BCUT2D eigenvalue weighted by Crippen LogP contribution is -2.60. The quantitative estimate of drug-likeness (QED) is 0.157. The van der Waals surface area contributed by atoms with Gasteiger partial charge < -0.3 is 37.0 Å². The molecule has 0 aromatic heterocycles. The van der Waals surface area contributed by atoms with E-state index >= 15 is 0 Å². The van der Waals surface area contributed by atoms with Gasteiger partial charge in [-0.2, -0.15) is 11.8 Å². The minimum Gasteiger partial charge on any atom is -0.480 e. The largest absolute Gasteiger partial charge is 0.480 e. The summed E-state index contributed by atoms with van der Waals surface area (Å²) in [6.45, 7) is 4.05. The summed E-state index contributed by atoms with van der Waals surface area (Å²) in [5.74, 6) is -3.35. The Morgan fingerprint density at radius 2 is 1.57 bits per heavy atom. The van der Waals surface area contributed by atoms with E-state index in [0.29, 0.717) is 12.2 Å². The van der Waals surface area contributed by atoms with Gasteiger partial charge in [0.2, 0.25) is 17.7 Å². The Labute approximate surface area is 180 Å². The average Bonchev–Trinajstić information content (AvgIpc) is 2.70. The molecule has 0 aliphatic carbocycles. The maximum absolute atomic E-state index is 12.7. The van der Waals surface area contributed by atoms with Gasteiger partial charge in [0.15, 0.2) is 0 Å². The molecule has 0 radical (unpaired) electrons. The van der Waals surface area contributed by atoms with E-state index in [1.54, 1.807) is 13.8 Å². The van der Waals surface area contributed by atoms with Gasteiger partial charge in [-0.3, -0.25) is 14.4 Å². The Morgan fingerprint density at radius 3 is 2.00 bits per heavy atom. The van der Waals surface area contributed by atoms with Crippen LogP contribution in [0.5, 0.6) is 0 Å². The van der Waals surface area contributed by atoms with Crippen LogP contribution in [-0.4, -0.2) is 87.9 Å². The van der Waals surface area contributed by atoms with Crippen molar-refractivity contribution >= 4 is 35.5 Å². The number of carbonyl (C=O) groups is 4.